The molecule has 3 aromatic rings. The summed E-state index contributed by atoms with van der Waals surface area (Å²) in [6, 6.07) is 12.1. The fourth-order valence-corrected chi connectivity index (χ4v) is 5.58. The lowest BCUT2D eigenvalue weighted by Gasteiger charge is -2.23. The van der Waals surface area contributed by atoms with Gasteiger partial charge in [-0.3, -0.25) is 4.79 Å². The highest BCUT2D eigenvalue weighted by Gasteiger charge is 2.39. The quantitative estimate of drug-likeness (QED) is 0.634. The fourth-order valence-electron chi connectivity index (χ4n) is 3.90. The van der Waals surface area contributed by atoms with Crippen molar-refractivity contribution >= 4 is 27.0 Å². The third kappa shape index (κ3) is 4.20. The Morgan fingerprint density at radius 3 is 2.65 bits per heavy atom. The first-order valence-electron chi connectivity index (χ1n) is 10.5. The molecule has 1 fully saturated rings. The molecule has 2 heterocycles. The Hall–Kier alpha value is -2.78. The lowest BCUT2D eigenvalue weighted by molar-refractivity contribution is -0.124. The van der Waals surface area contributed by atoms with Gasteiger partial charge < -0.3 is 5.32 Å². The number of nitrogens with zero attached hydrogens (tertiary/aromatic N) is 4. The van der Waals surface area contributed by atoms with E-state index in [2.05, 4.69) is 15.6 Å². The molecule has 0 saturated carbocycles. The summed E-state index contributed by atoms with van der Waals surface area (Å²) in [4.78, 5) is 13.0. The molecule has 1 atom stereocenters. The summed E-state index contributed by atoms with van der Waals surface area (Å²) in [6.07, 6.45) is 1.15. The minimum absolute atomic E-state index is 0.118. The first-order valence-corrected chi connectivity index (χ1v) is 11.9. The van der Waals surface area contributed by atoms with E-state index < -0.39 is 16.1 Å². The average molecular weight is 442 g/mol. The van der Waals surface area contributed by atoms with Crippen molar-refractivity contribution < 1.29 is 13.2 Å². The van der Waals surface area contributed by atoms with Gasteiger partial charge in [-0.05, 0) is 57.4 Å². The highest BCUT2D eigenvalue weighted by Crippen LogP contribution is 2.28. The van der Waals surface area contributed by atoms with E-state index in [0.717, 1.165) is 16.6 Å². The number of nitrogens with one attached hydrogen (secondary N) is 1. The standard InChI is InChI=1S/C22H27N5O3S/c1-15(2)27-20-11-10-18(13-19(20)24-25-27)31(29,30)26-12-4-5-21(26)22(28)23-14-17-8-6-16(3)7-9-17/h6-11,13,15,21H,4-5,12,14H2,1-3H3,(H,23,28)/t21-/m1/s1. The normalized spacial score (nSPS) is 17.5. The number of fused-ring (bicyclic) bond motifs is 1. The molecule has 2 aromatic carbocycles. The van der Waals surface area contributed by atoms with E-state index in [0.29, 0.717) is 31.4 Å². The Bertz CT molecular complexity index is 1200. The van der Waals surface area contributed by atoms with E-state index in [-0.39, 0.29) is 16.8 Å². The van der Waals surface area contributed by atoms with E-state index in [1.165, 1.54) is 10.4 Å². The van der Waals surface area contributed by atoms with Gasteiger partial charge in [-0.15, -0.1) is 5.10 Å². The van der Waals surface area contributed by atoms with Crippen molar-refractivity contribution in [2.45, 2.75) is 57.1 Å². The van der Waals surface area contributed by atoms with Crippen LogP contribution in [0.4, 0.5) is 0 Å². The van der Waals surface area contributed by atoms with Gasteiger partial charge in [0.2, 0.25) is 15.9 Å². The second kappa shape index (κ2) is 8.39. The van der Waals surface area contributed by atoms with Crippen LogP contribution < -0.4 is 5.32 Å². The van der Waals surface area contributed by atoms with Gasteiger partial charge in [0.15, 0.2) is 0 Å². The maximum atomic E-state index is 13.3. The number of carbonyl (C=O) groups excluding carboxylic acids is 1. The molecule has 31 heavy (non-hydrogen) atoms. The Balaban J connectivity index is 1.53. The van der Waals surface area contributed by atoms with Crippen molar-refractivity contribution in [1.29, 1.82) is 0 Å². The topological polar surface area (TPSA) is 97.2 Å². The molecule has 164 valence electrons. The second-order valence-corrected chi connectivity index (χ2v) is 10.1. The van der Waals surface area contributed by atoms with Crippen LogP contribution in [-0.4, -0.2) is 46.2 Å². The van der Waals surface area contributed by atoms with Gasteiger partial charge >= 0.3 is 0 Å². The molecule has 4 rings (SSSR count). The maximum absolute atomic E-state index is 13.3. The Morgan fingerprint density at radius 1 is 1.19 bits per heavy atom. The van der Waals surface area contributed by atoms with Crippen molar-refractivity contribution in [2.24, 2.45) is 0 Å². The summed E-state index contributed by atoms with van der Waals surface area (Å²) < 4.78 is 29.7. The molecule has 1 amide bonds. The van der Waals surface area contributed by atoms with Crippen LogP contribution in [0.5, 0.6) is 0 Å². The first kappa shape index (κ1) is 21.5. The van der Waals surface area contributed by atoms with E-state index >= 15 is 0 Å². The third-order valence-corrected chi connectivity index (χ3v) is 7.54. The molecule has 1 N–H and O–H groups in total. The Kier molecular flexibility index (Phi) is 5.81. The fraction of sp³-hybridized carbons (Fsp3) is 0.409. The number of hydrogen-bond donors (Lipinski definition) is 1. The minimum atomic E-state index is -3.83. The molecule has 0 unspecified atom stereocenters. The highest BCUT2D eigenvalue weighted by molar-refractivity contribution is 7.89. The van der Waals surface area contributed by atoms with Crippen LogP contribution in [0.3, 0.4) is 0 Å². The molecule has 1 aliphatic heterocycles. The van der Waals surface area contributed by atoms with Gasteiger partial charge in [0.05, 0.1) is 10.4 Å². The molecule has 8 nitrogen and oxygen atoms in total. The number of hydrogen-bond acceptors (Lipinski definition) is 5. The molecule has 0 aliphatic carbocycles. The number of aromatic nitrogens is 3. The monoisotopic (exact) mass is 441 g/mol. The Morgan fingerprint density at radius 2 is 1.94 bits per heavy atom. The smallest absolute Gasteiger partial charge is 0.243 e. The largest absolute Gasteiger partial charge is 0.351 e. The van der Waals surface area contributed by atoms with Gasteiger partial charge in [0.25, 0.3) is 0 Å². The van der Waals surface area contributed by atoms with Gasteiger partial charge in [-0.1, -0.05) is 35.0 Å². The zero-order valence-corrected chi connectivity index (χ0v) is 18.8. The second-order valence-electron chi connectivity index (χ2n) is 8.26. The highest BCUT2D eigenvalue weighted by atomic mass is 32.2. The first-order chi connectivity index (χ1) is 14.8. The lowest BCUT2D eigenvalue weighted by atomic mass is 10.1. The van der Waals surface area contributed by atoms with Gasteiger partial charge in [-0.25, -0.2) is 13.1 Å². The molecule has 0 spiro atoms. The number of aryl methyl sites for hydroxylation is 1. The molecule has 1 saturated heterocycles. The van der Waals surface area contributed by atoms with Crippen LogP contribution in [0.15, 0.2) is 47.4 Å². The number of rotatable bonds is 6. The number of amides is 1. The molecule has 1 aromatic heterocycles. The van der Waals surface area contributed by atoms with Crippen molar-refractivity contribution in [2.75, 3.05) is 6.54 Å². The van der Waals surface area contributed by atoms with E-state index in [9.17, 15) is 13.2 Å². The van der Waals surface area contributed by atoms with Gasteiger partial charge in [0.1, 0.15) is 11.6 Å². The van der Waals surface area contributed by atoms with E-state index in [1.54, 1.807) is 16.8 Å². The minimum Gasteiger partial charge on any atom is -0.351 e. The SMILES string of the molecule is Cc1ccc(CNC(=O)[C@H]2CCCN2S(=O)(=O)c2ccc3c(c2)nnn3C(C)C)cc1. The van der Waals surface area contributed by atoms with Crippen LogP contribution in [0.25, 0.3) is 11.0 Å². The number of carbonyl (C=O) groups is 1. The molecular formula is C22H27N5O3S. The summed E-state index contributed by atoms with van der Waals surface area (Å²) in [6.45, 7) is 6.67. The molecule has 0 radical (unpaired) electrons. The predicted molar refractivity (Wildman–Crippen MR) is 118 cm³/mol. The zero-order chi connectivity index (χ0) is 22.2. The van der Waals surface area contributed by atoms with Crippen molar-refractivity contribution in [1.82, 2.24) is 24.6 Å². The van der Waals surface area contributed by atoms with E-state index in [4.69, 9.17) is 0 Å². The van der Waals surface area contributed by atoms with Crippen molar-refractivity contribution in [3.63, 3.8) is 0 Å². The van der Waals surface area contributed by atoms with E-state index in [1.807, 2.05) is 45.0 Å². The summed E-state index contributed by atoms with van der Waals surface area (Å²) >= 11 is 0. The van der Waals surface area contributed by atoms with Gasteiger partial charge in [0, 0.05) is 19.1 Å². The van der Waals surface area contributed by atoms with Crippen molar-refractivity contribution in [3.8, 4) is 0 Å². The maximum Gasteiger partial charge on any atom is 0.243 e. The lowest BCUT2D eigenvalue weighted by Crippen LogP contribution is -2.45. The molecule has 9 heteroatoms. The molecule has 1 aliphatic rings. The third-order valence-electron chi connectivity index (χ3n) is 5.63. The summed E-state index contributed by atoms with van der Waals surface area (Å²) in [7, 11) is -3.83. The van der Waals surface area contributed by atoms with Crippen LogP contribution in [-0.2, 0) is 21.4 Å². The van der Waals surface area contributed by atoms with Crippen LogP contribution in [0.2, 0.25) is 0 Å². The van der Waals surface area contributed by atoms with Crippen LogP contribution in [0, 0.1) is 6.92 Å². The van der Waals surface area contributed by atoms with Crippen LogP contribution >= 0.6 is 0 Å². The summed E-state index contributed by atoms with van der Waals surface area (Å²) in [5, 5.41) is 11.1. The number of benzene rings is 2. The average Bonchev–Trinajstić information content (AvgIpc) is 3.40. The Labute approximate surface area is 182 Å². The van der Waals surface area contributed by atoms with Crippen molar-refractivity contribution in [3.05, 3.63) is 53.6 Å². The summed E-state index contributed by atoms with van der Waals surface area (Å²) in [5.74, 6) is -0.270. The number of sulfonamides is 1. The van der Waals surface area contributed by atoms with Crippen LogP contribution in [0.1, 0.15) is 43.9 Å². The van der Waals surface area contributed by atoms with Gasteiger partial charge in [-0.2, -0.15) is 4.31 Å². The predicted octanol–water partition coefficient (Wildman–Crippen LogP) is 2.79. The zero-order valence-electron chi connectivity index (χ0n) is 17.9. The molecular weight excluding hydrogens is 414 g/mol. The summed E-state index contributed by atoms with van der Waals surface area (Å²) in [5.41, 5.74) is 3.43. The molecule has 0 bridgehead atoms.